The van der Waals surface area contributed by atoms with Crippen molar-refractivity contribution in [1.29, 1.82) is 0 Å². The minimum Gasteiger partial charge on any atom is -1.00 e. The molecule has 0 aliphatic rings. The van der Waals surface area contributed by atoms with E-state index in [2.05, 4.69) is 0 Å². The summed E-state index contributed by atoms with van der Waals surface area (Å²) in [6, 6.07) is 0. The maximum absolute atomic E-state index is 8.63. The van der Waals surface area contributed by atoms with Crippen molar-refractivity contribution in [2.75, 3.05) is 0 Å². The maximum atomic E-state index is 8.63. The van der Waals surface area contributed by atoms with Crippen molar-refractivity contribution < 1.29 is 24.2 Å². The second-order valence-electron chi connectivity index (χ2n) is 0.266. The zero-order valence-corrected chi connectivity index (χ0v) is 5.32. The monoisotopic (exact) mass is 140 g/mol. The molecular formula is H2AlFO4Si. The smallest absolute Gasteiger partial charge is 1.00 e. The fraction of sp³-hybridized carbons (Fsp3) is 0. The Hall–Kier alpha value is 0.0394. The molecule has 0 aromatic carbocycles. The minimum absolute atomic E-state index is 0. The Labute approximate surface area is 51.5 Å². The van der Waals surface area contributed by atoms with E-state index in [1.54, 1.807) is 0 Å². The van der Waals surface area contributed by atoms with Crippen molar-refractivity contribution in [2.24, 2.45) is 0 Å². The molecule has 0 atom stereocenters. The van der Waals surface area contributed by atoms with E-state index in [0.29, 0.717) is 0 Å². The fourth-order valence-electron chi connectivity index (χ4n) is 0. The van der Waals surface area contributed by atoms with Crippen LogP contribution in [0.15, 0.2) is 0 Å². The number of hydrogen-bond acceptors (Lipinski definition) is 3. The van der Waals surface area contributed by atoms with Crippen LogP contribution in [0.4, 0.5) is 0 Å². The summed E-state index contributed by atoms with van der Waals surface area (Å²) in [5, 5.41) is 0. The van der Waals surface area contributed by atoms with E-state index in [1.807, 2.05) is 0 Å². The van der Waals surface area contributed by atoms with E-state index in [4.69, 9.17) is 14.1 Å². The van der Waals surface area contributed by atoms with Gasteiger partial charge in [0.1, 0.15) is 0 Å². The molecule has 40 valence electrons. The normalized spacial score (nSPS) is 3.43. The zero-order chi connectivity index (χ0) is 3.58. The van der Waals surface area contributed by atoms with Crippen LogP contribution >= 0.6 is 0 Å². The summed E-state index contributed by atoms with van der Waals surface area (Å²) >= 11 is 0. The van der Waals surface area contributed by atoms with Crippen LogP contribution in [-0.2, 0) is 4.46 Å². The van der Waals surface area contributed by atoms with Gasteiger partial charge in [-0.25, -0.2) is 0 Å². The minimum atomic E-state index is -3.38. The molecule has 0 aliphatic heterocycles. The van der Waals surface area contributed by atoms with Crippen LogP contribution in [0.3, 0.4) is 0 Å². The van der Waals surface area contributed by atoms with Gasteiger partial charge in [-0.15, -0.1) is 0 Å². The predicted octanol–water partition coefficient (Wildman–Crippen LogP) is -5.80. The summed E-state index contributed by atoms with van der Waals surface area (Å²) < 4.78 is 8.63. The number of hydrogen-bond donors (Lipinski definition) is 1. The van der Waals surface area contributed by atoms with Crippen molar-refractivity contribution in [3.05, 3.63) is 0 Å². The third-order valence-electron chi connectivity index (χ3n) is 0. The van der Waals surface area contributed by atoms with Gasteiger partial charge in [0.25, 0.3) is 0 Å². The Morgan fingerprint density at radius 1 is 1.57 bits per heavy atom. The van der Waals surface area contributed by atoms with Gasteiger partial charge in [0.2, 0.25) is 0 Å². The van der Waals surface area contributed by atoms with Crippen LogP contribution in [0.5, 0.6) is 0 Å². The van der Waals surface area contributed by atoms with Crippen molar-refractivity contribution in [3.8, 4) is 0 Å². The molecule has 0 amide bonds. The molecule has 2 N–H and O–H groups in total. The van der Waals surface area contributed by atoms with Gasteiger partial charge in [0, 0.05) is 0 Å². The van der Waals surface area contributed by atoms with Gasteiger partial charge in [-0.3, -0.25) is 0 Å². The third-order valence-corrected chi connectivity index (χ3v) is 0. The Morgan fingerprint density at radius 3 is 1.57 bits per heavy atom. The number of rotatable bonds is 0. The number of halogens is 1. The molecule has 4 nitrogen and oxygen atoms in total. The molecule has 0 aromatic rings. The Kier molecular flexibility index (Phi) is 65.9. The van der Waals surface area contributed by atoms with E-state index in [-0.39, 0.29) is 27.5 Å². The first-order valence-electron chi connectivity index (χ1n) is 0.632. The molecule has 0 spiro atoms. The third kappa shape index (κ3) is 63600. The van der Waals surface area contributed by atoms with Crippen LogP contribution in [0.25, 0.3) is 0 Å². The molecule has 0 bridgehead atoms. The second kappa shape index (κ2) is 16.6. The van der Waals surface area contributed by atoms with E-state index in [1.165, 1.54) is 0 Å². The van der Waals surface area contributed by atoms with Crippen molar-refractivity contribution in [2.45, 2.75) is 0 Å². The van der Waals surface area contributed by atoms with Crippen molar-refractivity contribution >= 4 is 26.5 Å². The topological polar surface area (TPSA) is 90.4 Å². The Balaban J connectivity index is -0.0000000150. The molecular weight excluding hydrogens is 138 g/mol. The first-order chi connectivity index (χ1) is 1.73. The van der Waals surface area contributed by atoms with Crippen LogP contribution in [0.2, 0.25) is 0 Å². The van der Waals surface area contributed by atoms with E-state index >= 15 is 0 Å². The van der Waals surface area contributed by atoms with Gasteiger partial charge in [0.05, 0.1) is 0 Å². The second-order valence-corrected chi connectivity index (χ2v) is 0.798. The molecule has 0 aromatic heterocycles. The summed E-state index contributed by atoms with van der Waals surface area (Å²) in [6.45, 7) is 0. The Morgan fingerprint density at radius 2 is 1.57 bits per heavy atom. The fourth-order valence-corrected chi connectivity index (χ4v) is 0. The van der Waals surface area contributed by atoms with Gasteiger partial charge >= 0.3 is 26.5 Å². The summed E-state index contributed by atoms with van der Waals surface area (Å²) in [7, 11) is -3.38. The van der Waals surface area contributed by atoms with Gasteiger partial charge in [-0.05, 0) is 0 Å². The molecule has 0 heterocycles. The molecule has 0 rings (SSSR count). The standard InChI is InChI=1S/Al.FH.HO3Si.H2O/c;;1-4(2)3;/h;1H;1H;1H2/q+3;;-1;/p-2. The van der Waals surface area contributed by atoms with Gasteiger partial charge < -0.3 is 24.2 Å². The molecule has 0 fully saturated rings. The summed E-state index contributed by atoms with van der Waals surface area (Å²) in [6.07, 6.45) is 0. The maximum Gasteiger partial charge on any atom is 3.00 e. The van der Waals surface area contributed by atoms with Gasteiger partial charge in [-0.1, -0.05) is 0 Å². The van der Waals surface area contributed by atoms with Crippen molar-refractivity contribution in [3.63, 3.8) is 0 Å². The van der Waals surface area contributed by atoms with Crippen LogP contribution < -0.4 is 9.50 Å². The van der Waals surface area contributed by atoms with Crippen LogP contribution in [0, 0.1) is 0 Å². The average Bonchev–Trinajstić information content (AvgIpc) is 0.811. The first kappa shape index (κ1) is 27.8. The Bertz CT molecular complexity index is 34.7. The molecule has 0 aliphatic carbocycles. The summed E-state index contributed by atoms with van der Waals surface area (Å²) in [4.78, 5) is 15.7. The first-order valence-corrected chi connectivity index (χ1v) is 1.90. The largest absolute Gasteiger partial charge is 3.00 e. The van der Waals surface area contributed by atoms with Crippen LogP contribution in [0.1, 0.15) is 0 Å². The molecule has 7 heavy (non-hydrogen) atoms. The summed E-state index contributed by atoms with van der Waals surface area (Å²) in [5.74, 6) is 0. The van der Waals surface area contributed by atoms with Gasteiger partial charge in [0.15, 0.2) is 0 Å². The SMILES string of the molecule is O=[Si]([O-])O.[Al+3].[F-].[OH-]. The molecule has 0 radical (unpaired) electrons. The predicted molar refractivity (Wildman–Crippen MR) is 16.3 cm³/mol. The summed E-state index contributed by atoms with van der Waals surface area (Å²) in [5.41, 5.74) is 0. The quantitative estimate of drug-likeness (QED) is 0.339. The zero-order valence-electron chi connectivity index (χ0n) is 3.17. The average molecular weight is 140 g/mol. The van der Waals surface area contributed by atoms with Crippen LogP contribution in [-0.4, -0.2) is 36.8 Å². The van der Waals surface area contributed by atoms with Gasteiger partial charge in [-0.2, -0.15) is 0 Å². The molecule has 0 saturated carbocycles. The molecule has 7 heteroatoms. The van der Waals surface area contributed by atoms with E-state index in [0.717, 1.165) is 0 Å². The van der Waals surface area contributed by atoms with E-state index < -0.39 is 9.17 Å². The van der Waals surface area contributed by atoms with E-state index in [9.17, 15) is 0 Å². The molecule has 0 saturated heterocycles. The van der Waals surface area contributed by atoms with Crippen molar-refractivity contribution in [1.82, 2.24) is 0 Å². The molecule has 0 unspecified atom stereocenters.